The number of imide groups is 1. The van der Waals surface area contributed by atoms with Gasteiger partial charge >= 0.3 is 17.9 Å². The van der Waals surface area contributed by atoms with Gasteiger partial charge in [0, 0.05) is 19.8 Å². The van der Waals surface area contributed by atoms with Gasteiger partial charge in [0.1, 0.15) is 0 Å². The molecular weight excluding hydrogens is 286 g/mol. The summed E-state index contributed by atoms with van der Waals surface area (Å²) in [4.78, 5) is 60.9. The first kappa shape index (κ1) is 16.6. The van der Waals surface area contributed by atoms with Crippen LogP contribution in [-0.4, -0.2) is 47.0 Å². The maximum Gasteiger partial charge on any atom is 0.373 e. The van der Waals surface area contributed by atoms with Crippen molar-refractivity contribution < 1.29 is 38.3 Å². The van der Waals surface area contributed by atoms with Crippen LogP contribution in [0.3, 0.4) is 0 Å². The van der Waals surface area contributed by atoms with E-state index in [1.165, 1.54) is 13.8 Å². The van der Waals surface area contributed by atoms with E-state index in [4.69, 9.17) is 4.74 Å². The van der Waals surface area contributed by atoms with E-state index in [1.807, 2.05) is 0 Å². The molecule has 0 aliphatic carbocycles. The second-order valence-electron chi connectivity index (χ2n) is 4.32. The second-order valence-corrected chi connectivity index (χ2v) is 4.32. The molecular formula is C12H15NO8. The van der Waals surface area contributed by atoms with Gasteiger partial charge in [0.2, 0.25) is 0 Å². The Hall–Kier alpha value is -2.45. The largest absolute Gasteiger partial charge is 0.451 e. The Balaban J connectivity index is 2.51. The van der Waals surface area contributed by atoms with E-state index in [9.17, 15) is 24.0 Å². The molecule has 1 rings (SSSR count). The van der Waals surface area contributed by atoms with E-state index in [-0.39, 0.29) is 12.8 Å². The molecule has 21 heavy (non-hydrogen) atoms. The average molecular weight is 301 g/mol. The maximum absolute atomic E-state index is 11.6. The molecule has 1 saturated heterocycles. The number of esters is 2. The van der Waals surface area contributed by atoms with Crippen molar-refractivity contribution in [3.63, 3.8) is 0 Å². The van der Waals surface area contributed by atoms with Crippen LogP contribution >= 0.6 is 0 Å². The third-order valence-electron chi connectivity index (χ3n) is 2.49. The average Bonchev–Trinajstić information content (AvgIpc) is 2.69. The molecule has 0 saturated carbocycles. The summed E-state index contributed by atoms with van der Waals surface area (Å²) in [6, 6.07) is 0. The van der Waals surface area contributed by atoms with Crippen molar-refractivity contribution in [1.29, 1.82) is 0 Å². The summed E-state index contributed by atoms with van der Waals surface area (Å²) in [6.07, 6.45) is -2.63. The van der Waals surface area contributed by atoms with Crippen molar-refractivity contribution in [2.45, 2.75) is 45.8 Å². The number of nitrogens with zero attached hydrogens (tertiary/aromatic N) is 1. The number of hydrogen-bond acceptors (Lipinski definition) is 8. The summed E-state index contributed by atoms with van der Waals surface area (Å²) >= 11 is 0. The third kappa shape index (κ3) is 4.55. The Kier molecular flexibility index (Phi) is 5.39. The zero-order valence-corrected chi connectivity index (χ0v) is 11.8. The highest BCUT2D eigenvalue weighted by molar-refractivity contribution is 6.01. The molecule has 0 N–H and O–H groups in total. The van der Waals surface area contributed by atoms with E-state index in [2.05, 4.69) is 9.57 Å². The fourth-order valence-electron chi connectivity index (χ4n) is 1.44. The SMILES string of the molecule is CC(=O)O[C@@H](C)C(=O)O[C@@H](C)C(=O)ON1C(=O)CCC1=O. The molecule has 0 radical (unpaired) electrons. The van der Waals surface area contributed by atoms with Gasteiger partial charge in [0.15, 0.2) is 12.2 Å². The van der Waals surface area contributed by atoms with Crippen LogP contribution in [-0.2, 0) is 38.3 Å². The number of hydroxylamine groups is 2. The van der Waals surface area contributed by atoms with Crippen molar-refractivity contribution in [2.75, 3.05) is 0 Å². The number of rotatable bonds is 5. The Morgan fingerprint density at radius 2 is 1.43 bits per heavy atom. The minimum atomic E-state index is -1.36. The molecule has 0 aromatic heterocycles. The van der Waals surface area contributed by atoms with Crippen molar-refractivity contribution in [3.8, 4) is 0 Å². The van der Waals surface area contributed by atoms with E-state index < -0.39 is 41.9 Å². The molecule has 1 fully saturated rings. The fraction of sp³-hybridized carbons (Fsp3) is 0.583. The number of ether oxygens (including phenoxy) is 2. The molecule has 0 bridgehead atoms. The zero-order chi connectivity index (χ0) is 16.2. The number of hydrogen-bond donors (Lipinski definition) is 0. The Bertz CT molecular complexity index is 470. The van der Waals surface area contributed by atoms with Gasteiger partial charge in [0.05, 0.1) is 0 Å². The normalized spacial score (nSPS) is 17.2. The summed E-state index contributed by atoms with van der Waals surface area (Å²) in [6.45, 7) is 3.59. The zero-order valence-electron chi connectivity index (χ0n) is 11.8. The Labute approximate surface area is 120 Å². The molecule has 116 valence electrons. The summed E-state index contributed by atoms with van der Waals surface area (Å²) < 4.78 is 9.29. The molecule has 9 nitrogen and oxygen atoms in total. The van der Waals surface area contributed by atoms with Gasteiger partial charge in [-0.05, 0) is 13.8 Å². The van der Waals surface area contributed by atoms with E-state index in [0.29, 0.717) is 5.06 Å². The summed E-state index contributed by atoms with van der Waals surface area (Å²) in [5.74, 6) is -3.99. The van der Waals surface area contributed by atoms with Crippen LogP contribution in [0.15, 0.2) is 0 Å². The highest BCUT2D eigenvalue weighted by Gasteiger charge is 2.35. The Morgan fingerprint density at radius 3 is 1.90 bits per heavy atom. The van der Waals surface area contributed by atoms with Crippen molar-refractivity contribution in [3.05, 3.63) is 0 Å². The van der Waals surface area contributed by atoms with Gasteiger partial charge in [-0.25, -0.2) is 9.59 Å². The van der Waals surface area contributed by atoms with Crippen molar-refractivity contribution in [2.24, 2.45) is 0 Å². The number of carbonyl (C=O) groups excluding carboxylic acids is 5. The highest BCUT2D eigenvalue weighted by atomic mass is 16.7. The van der Waals surface area contributed by atoms with Gasteiger partial charge < -0.3 is 14.3 Å². The minimum absolute atomic E-state index is 0.0379. The van der Waals surface area contributed by atoms with E-state index in [1.54, 1.807) is 0 Å². The van der Waals surface area contributed by atoms with Gasteiger partial charge in [-0.1, -0.05) is 0 Å². The van der Waals surface area contributed by atoms with Gasteiger partial charge in [0.25, 0.3) is 11.8 Å². The standard InChI is InChI=1S/C12H15NO8/c1-6(19-8(3)14)11(17)20-7(2)12(18)21-13-9(15)4-5-10(13)16/h6-7H,4-5H2,1-3H3/t6-,7-/m0/s1. The molecule has 2 atom stereocenters. The lowest BCUT2D eigenvalue weighted by Gasteiger charge is -2.18. The number of amides is 2. The summed E-state index contributed by atoms with van der Waals surface area (Å²) in [7, 11) is 0. The lowest BCUT2D eigenvalue weighted by atomic mass is 10.4. The molecule has 0 aromatic carbocycles. The molecule has 0 unspecified atom stereocenters. The monoisotopic (exact) mass is 301 g/mol. The number of carbonyl (C=O) groups is 5. The fourth-order valence-corrected chi connectivity index (χ4v) is 1.44. The lowest BCUT2D eigenvalue weighted by molar-refractivity contribution is -0.206. The minimum Gasteiger partial charge on any atom is -0.451 e. The van der Waals surface area contributed by atoms with Crippen LogP contribution in [0, 0.1) is 0 Å². The predicted octanol–water partition coefficient (Wildman–Crippen LogP) is -0.523. The predicted molar refractivity (Wildman–Crippen MR) is 64.0 cm³/mol. The van der Waals surface area contributed by atoms with Gasteiger partial charge in [-0.2, -0.15) is 0 Å². The highest BCUT2D eigenvalue weighted by Crippen LogP contribution is 2.13. The molecule has 9 heteroatoms. The van der Waals surface area contributed by atoms with E-state index in [0.717, 1.165) is 6.92 Å². The van der Waals surface area contributed by atoms with Crippen LogP contribution in [0.4, 0.5) is 0 Å². The van der Waals surface area contributed by atoms with Gasteiger partial charge in [-0.15, -0.1) is 5.06 Å². The van der Waals surface area contributed by atoms with Gasteiger partial charge in [-0.3, -0.25) is 14.4 Å². The smallest absolute Gasteiger partial charge is 0.373 e. The Morgan fingerprint density at radius 1 is 0.952 bits per heavy atom. The van der Waals surface area contributed by atoms with Crippen LogP contribution in [0.1, 0.15) is 33.6 Å². The summed E-state index contributed by atoms with van der Waals surface area (Å²) in [5.41, 5.74) is 0. The molecule has 2 amide bonds. The quantitative estimate of drug-likeness (QED) is 0.492. The summed E-state index contributed by atoms with van der Waals surface area (Å²) in [5, 5.41) is 0.349. The molecule has 0 spiro atoms. The van der Waals surface area contributed by atoms with Crippen LogP contribution < -0.4 is 0 Å². The van der Waals surface area contributed by atoms with Crippen molar-refractivity contribution in [1.82, 2.24) is 5.06 Å². The van der Waals surface area contributed by atoms with Crippen molar-refractivity contribution >= 4 is 29.7 Å². The molecule has 1 heterocycles. The molecule has 1 aliphatic rings. The first-order valence-electron chi connectivity index (χ1n) is 6.17. The lowest BCUT2D eigenvalue weighted by Crippen LogP contribution is -2.38. The van der Waals surface area contributed by atoms with Crippen LogP contribution in [0.2, 0.25) is 0 Å². The first-order chi connectivity index (χ1) is 9.72. The third-order valence-corrected chi connectivity index (χ3v) is 2.49. The van der Waals surface area contributed by atoms with Crippen LogP contribution in [0.5, 0.6) is 0 Å². The second kappa shape index (κ2) is 6.82. The van der Waals surface area contributed by atoms with Crippen LogP contribution in [0.25, 0.3) is 0 Å². The maximum atomic E-state index is 11.6. The molecule has 0 aromatic rings. The molecule has 1 aliphatic heterocycles. The van der Waals surface area contributed by atoms with E-state index >= 15 is 0 Å². The topological polar surface area (TPSA) is 116 Å². The first-order valence-corrected chi connectivity index (χ1v) is 6.17.